The molecule has 0 saturated heterocycles. The Morgan fingerprint density at radius 1 is 1.50 bits per heavy atom. The van der Waals surface area contributed by atoms with Gasteiger partial charge in [-0.2, -0.15) is 5.10 Å². The maximum Gasteiger partial charge on any atom is 0.237 e. The normalized spacial score (nSPS) is 14.2. The first-order chi connectivity index (χ1) is 8.54. The zero-order valence-corrected chi connectivity index (χ0v) is 11.7. The molecule has 1 heterocycles. The number of carbonyl (C=O) groups is 1. The lowest BCUT2D eigenvalue weighted by molar-refractivity contribution is -0.123. The zero-order valence-electron chi connectivity index (χ0n) is 11.7. The molecular weight excluding hydrogens is 228 g/mol. The number of aryl methyl sites for hydroxylation is 1. The molecule has 1 amide bonds. The van der Waals surface area contributed by atoms with Crippen LogP contribution in [-0.4, -0.2) is 34.3 Å². The Morgan fingerprint density at radius 2 is 2.22 bits per heavy atom. The lowest BCUT2D eigenvalue weighted by atomic mass is 10.2. The van der Waals surface area contributed by atoms with Gasteiger partial charge in [-0.05, 0) is 26.3 Å². The second-order valence-corrected chi connectivity index (χ2v) is 4.69. The first-order valence-electron chi connectivity index (χ1n) is 6.55. The van der Waals surface area contributed by atoms with E-state index in [1.54, 1.807) is 6.20 Å². The lowest BCUT2D eigenvalue weighted by Gasteiger charge is -2.17. The minimum Gasteiger partial charge on any atom is -0.352 e. The van der Waals surface area contributed by atoms with Gasteiger partial charge in [0.25, 0.3) is 0 Å². The third kappa shape index (κ3) is 4.49. The van der Waals surface area contributed by atoms with Crippen molar-refractivity contribution in [2.75, 3.05) is 6.54 Å². The van der Waals surface area contributed by atoms with Crippen LogP contribution in [0.4, 0.5) is 0 Å². The molecule has 0 saturated carbocycles. The van der Waals surface area contributed by atoms with Gasteiger partial charge in [0, 0.05) is 37.9 Å². The van der Waals surface area contributed by atoms with Crippen LogP contribution in [0, 0.1) is 0 Å². The molecule has 0 aromatic carbocycles. The van der Waals surface area contributed by atoms with E-state index in [1.165, 1.54) is 0 Å². The molecule has 5 heteroatoms. The Hall–Kier alpha value is -1.36. The van der Waals surface area contributed by atoms with Crippen LogP contribution < -0.4 is 10.6 Å². The van der Waals surface area contributed by atoms with Crippen LogP contribution in [0.1, 0.15) is 32.9 Å². The molecule has 5 nitrogen and oxygen atoms in total. The van der Waals surface area contributed by atoms with E-state index in [0.29, 0.717) is 0 Å². The first kappa shape index (κ1) is 14.7. The molecule has 2 atom stereocenters. The maximum atomic E-state index is 11.8. The molecule has 0 spiro atoms. The van der Waals surface area contributed by atoms with Gasteiger partial charge in [0.05, 0.1) is 6.04 Å². The van der Waals surface area contributed by atoms with Crippen molar-refractivity contribution < 1.29 is 4.79 Å². The molecule has 1 rings (SSSR count). The van der Waals surface area contributed by atoms with E-state index >= 15 is 0 Å². The summed E-state index contributed by atoms with van der Waals surface area (Å²) in [5.41, 5.74) is 1.16. The van der Waals surface area contributed by atoms with Crippen molar-refractivity contribution in [3.8, 4) is 0 Å². The Kier molecular flexibility index (Phi) is 5.85. The van der Waals surface area contributed by atoms with Crippen molar-refractivity contribution in [3.63, 3.8) is 0 Å². The van der Waals surface area contributed by atoms with E-state index in [-0.39, 0.29) is 18.0 Å². The van der Waals surface area contributed by atoms with E-state index in [2.05, 4.69) is 22.7 Å². The average molecular weight is 252 g/mol. The molecule has 0 aliphatic heterocycles. The van der Waals surface area contributed by atoms with Crippen molar-refractivity contribution in [2.24, 2.45) is 7.05 Å². The van der Waals surface area contributed by atoms with Crippen molar-refractivity contribution in [1.29, 1.82) is 0 Å². The molecule has 1 aromatic rings. The van der Waals surface area contributed by atoms with Crippen LogP contribution in [0.2, 0.25) is 0 Å². The molecule has 2 unspecified atom stereocenters. The van der Waals surface area contributed by atoms with E-state index in [9.17, 15) is 4.79 Å². The van der Waals surface area contributed by atoms with E-state index in [1.807, 2.05) is 31.6 Å². The van der Waals surface area contributed by atoms with Crippen LogP contribution in [0.3, 0.4) is 0 Å². The number of rotatable bonds is 7. The van der Waals surface area contributed by atoms with E-state index < -0.39 is 0 Å². The molecule has 0 aliphatic rings. The van der Waals surface area contributed by atoms with Gasteiger partial charge < -0.3 is 10.6 Å². The number of aromatic nitrogens is 2. The standard InChI is InChI=1S/C13H24N4O/c1-5-10(2)16-13(18)11(3)14-8-6-12-7-9-15-17(12)4/h7,9-11,14H,5-6,8H2,1-4H3,(H,16,18). The smallest absolute Gasteiger partial charge is 0.237 e. The number of nitrogens with zero attached hydrogens (tertiary/aromatic N) is 2. The Morgan fingerprint density at radius 3 is 2.78 bits per heavy atom. The van der Waals surface area contributed by atoms with Crippen LogP contribution in [0.25, 0.3) is 0 Å². The highest BCUT2D eigenvalue weighted by Gasteiger charge is 2.13. The Labute approximate surface area is 109 Å². The summed E-state index contributed by atoms with van der Waals surface area (Å²) < 4.78 is 1.85. The van der Waals surface area contributed by atoms with Gasteiger partial charge in [0.15, 0.2) is 0 Å². The summed E-state index contributed by atoms with van der Waals surface area (Å²) in [5, 5.41) is 10.3. The maximum absolute atomic E-state index is 11.8. The number of hydrogen-bond acceptors (Lipinski definition) is 3. The third-order valence-corrected chi connectivity index (χ3v) is 3.15. The fourth-order valence-corrected chi connectivity index (χ4v) is 1.63. The minimum absolute atomic E-state index is 0.0642. The van der Waals surface area contributed by atoms with Gasteiger partial charge in [-0.3, -0.25) is 9.48 Å². The Bertz CT molecular complexity index is 375. The molecule has 0 fully saturated rings. The van der Waals surface area contributed by atoms with Gasteiger partial charge in [-0.25, -0.2) is 0 Å². The highest BCUT2D eigenvalue weighted by Crippen LogP contribution is 1.97. The highest BCUT2D eigenvalue weighted by atomic mass is 16.2. The van der Waals surface area contributed by atoms with Gasteiger partial charge in [0.1, 0.15) is 0 Å². The molecule has 102 valence electrons. The summed E-state index contributed by atoms with van der Waals surface area (Å²) in [6, 6.07) is 2.07. The summed E-state index contributed by atoms with van der Waals surface area (Å²) >= 11 is 0. The second kappa shape index (κ2) is 7.16. The van der Waals surface area contributed by atoms with Crippen LogP contribution in [0.5, 0.6) is 0 Å². The number of nitrogens with one attached hydrogen (secondary N) is 2. The van der Waals surface area contributed by atoms with Crippen LogP contribution in [-0.2, 0) is 18.3 Å². The Balaban J connectivity index is 2.26. The van der Waals surface area contributed by atoms with Crippen molar-refractivity contribution in [3.05, 3.63) is 18.0 Å². The van der Waals surface area contributed by atoms with Gasteiger partial charge in [-0.15, -0.1) is 0 Å². The first-order valence-corrected chi connectivity index (χ1v) is 6.55. The summed E-state index contributed by atoms with van der Waals surface area (Å²) in [5.74, 6) is 0.0642. The number of hydrogen-bond donors (Lipinski definition) is 2. The average Bonchev–Trinajstić information content (AvgIpc) is 2.74. The van der Waals surface area contributed by atoms with Gasteiger partial charge in [0.2, 0.25) is 5.91 Å². The molecule has 1 aromatic heterocycles. The monoisotopic (exact) mass is 252 g/mol. The summed E-state index contributed by atoms with van der Waals surface area (Å²) in [6.07, 6.45) is 3.61. The number of carbonyl (C=O) groups excluding carboxylic acids is 1. The quantitative estimate of drug-likeness (QED) is 0.756. The van der Waals surface area contributed by atoms with Gasteiger partial charge in [-0.1, -0.05) is 6.92 Å². The number of amides is 1. The second-order valence-electron chi connectivity index (χ2n) is 4.69. The van der Waals surface area contributed by atoms with E-state index in [0.717, 1.165) is 25.1 Å². The third-order valence-electron chi connectivity index (χ3n) is 3.15. The zero-order chi connectivity index (χ0) is 13.5. The van der Waals surface area contributed by atoms with Crippen molar-refractivity contribution in [1.82, 2.24) is 20.4 Å². The van der Waals surface area contributed by atoms with Crippen LogP contribution in [0.15, 0.2) is 12.3 Å². The van der Waals surface area contributed by atoms with Crippen LogP contribution >= 0.6 is 0 Å². The highest BCUT2D eigenvalue weighted by molar-refractivity contribution is 5.81. The lowest BCUT2D eigenvalue weighted by Crippen LogP contribution is -2.45. The fraction of sp³-hybridized carbons (Fsp3) is 0.692. The largest absolute Gasteiger partial charge is 0.352 e. The minimum atomic E-state index is -0.160. The fourth-order valence-electron chi connectivity index (χ4n) is 1.63. The molecule has 0 aliphatic carbocycles. The molecular formula is C13H24N4O. The van der Waals surface area contributed by atoms with E-state index in [4.69, 9.17) is 0 Å². The molecule has 18 heavy (non-hydrogen) atoms. The molecule has 2 N–H and O–H groups in total. The predicted molar refractivity (Wildman–Crippen MR) is 72.3 cm³/mol. The van der Waals surface area contributed by atoms with Crippen molar-refractivity contribution >= 4 is 5.91 Å². The predicted octanol–water partition coefficient (Wildman–Crippen LogP) is 0.855. The molecule has 0 radical (unpaired) electrons. The summed E-state index contributed by atoms with van der Waals surface area (Å²) in [4.78, 5) is 11.8. The topological polar surface area (TPSA) is 59.0 Å². The van der Waals surface area contributed by atoms with Gasteiger partial charge >= 0.3 is 0 Å². The summed E-state index contributed by atoms with van der Waals surface area (Å²) in [6.45, 7) is 6.74. The van der Waals surface area contributed by atoms with Crippen molar-refractivity contribution in [2.45, 2.75) is 45.7 Å². The molecule has 0 bridgehead atoms. The summed E-state index contributed by atoms with van der Waals surface area (Å²) in [7, 11) is 1.92. The SMILES string of the molecule is CCC(C)NC(=O)C(C)NCCc1ccnn1C.